The zero-order chi connectivity index (χ0) is 17.7. The van der Waals surface area contributed by atoms with Crippen molar-refractivity contribution in [3.63, 3.8) is 0 Å². The van der Waals surface area contributed by atoms with Gasteiger partial charge in [-0.05, 0) is 48.2 Å². The summed E-state index contributed by atoms with van der Waals surface area (Å²) in [4.78, 5) is 12.7. The molecule has 0 saturated carbocycles. The Kier molecular flexibility index (Phi) is 6.26. The summed E-state index contributed by atoms with van der Waals surface area (Å²) >= 11 is 3.53. The van der Waals surface area contributed by atoms with E-state index in [0.717, 1.165) is 34.1 Å². The summed E-state index contributed by atoms with van der Waals surface area (Å²) in [5.74, 6) is 0.988. The molecule has 0 fully saturated rings. The second-order valence-electron chi connectivity index (χ2n) is 5.36. The van der Waals surface area contributed by atoms with E-state index in [2.05, 4.69) is 35.1 Å². The smallest absolute Gasteiger partial charge is 0.255 e. The van der Waals surface area contributed by atoms with Gasteiger partial charge in [0.25, 0.3) is 5.91 Å². The van der Waals surface area contributed by atoms with Gasteiger partial charge < -0.3 is 14.8 Å². The molecule has 0 aliphatic heterocycles. The number of carbonyl (C=O) groups is 1. The number of hydrogen-bond donors (Lipinski definition) is 1. The predicted molar refractivity (Wildman–Crippen MR) is 100 cm³/mol. The van der Waals surface area contributed by atoms with E-state index in [1.54, 1.807) is 32.4 Å². The Labute approximate surface area is 151 Å². The summed E-state index contributed by atoms with van der Waals surface area (Å²) in [5, 5.41) is 3.06. The van der Waals surface area contributed by atoms with Gasteiger partial charge >= 0.3 is 0 Å². The van der Waals surface area contributed by atoms with Crippen LogP contribution in [0.5, 0.6) is 11.5 Å². The van der Waals surface area contributed by atoms with Gasteiger partial charge in [-0.15, -0.1) is 0 Å². The highest BCUT2D eigenvalue weighted by Gasteiger charge is 2.15. The monoisotopic (exact) mass is 391 g/mol. The summed E-state index contributed by atoms with van der Waals surface area (Å²) < 4.78 is 11.5. The molecule has 0 aliphatic carbocycles. The summed E-state index contributed by atoms with van der Waals surface area (Å²) in [6.45, 7) is 4.15. The van der Waals surface area contributed by atoms with Gasteiger partial charge in [-0.2, -0.15) is 0 Å². The van der Waals surface area contributed by atoms with Crippen LogP contribution in [0.2, 0.25) is 0 Å². The van der Waals surface area contributed by atoms with Crippen LogP contribution in [0.4, 0.5) is 5.69 Å². The minimum atomic E-state index is -0.182. The molecule has 2 rings (SSSR count). The van der Waals surface area contributed by atoms with Crippen molar-refractivity contribution in [3.05, 3.63) is 51.5 Å². The topological polar surface area (TPSA) is 47.6 Å². The number of anilines is 1. The number of methoxy groups -OCH3 is 2. The zero-order valence-electron chi connectivity index (χ0n) is 14.4. The maximum Gasteiger partial charge on any atom is 0.255 e. The third kappa shape index (κ3) is 4.09. The van der Waals surface area contributed by atoms with Gasteiger partial charge in [0.05, 0.1) is 14.2 Å². The minimum absolute atomic E-state index is 0.182. The molecule has 2 aromatic rings. The van der Waals surface area contributed by atoms with Crippen LogP contribution in [-0.2, 0) is 12.8 Å². The normalized spacial score (nSPS) is 10.4. The molecule has 0 bridgehead atoms. The first-order chi connectivity index (χ1) is 11.5. The van der Waals surface area contributed by atoms with Crippen molar-refractivity contribution in [3.8, 4) is 11.5 Å². The molecule has 1 N–H and O–H groups in total. The molecule has 2 aromatic carbocycles. The molecule has 0 unspecified atom stereocenters. The van der Waals surface area contributed by atoms with Crippen LogP contribution >= 0.6 is 15.9 Å². The highest BCUT2D eigenvalue weighted by atomic mass is 79.9. The lowest BCUT2D eigenvalue weighted by molar-refractivity contribution is 0.102. The third-order valence-electron chi connectivity index (χ3n) is 3.88. The molecule has 1 amide bonds. The highest BCUT2D eigenvalue weighted by molar-refractivity contribution is 9.10. The fourth-order valence-corrected chi connectivity index (χ4v) is 3.12. The van der Waals surface area contributed by atoms with Crippen molar-refractivity contribution in [1.82, 2.24) is 0 Å². The second-order valence-corrected chi connectivity index (χ2v) is 6.28. The van der Waals surface area contributed by atoms with E-state index in [0.29, 0.717) is 17.1 Å². The standard InChI is InChI=1S/C19H22BrNO3/c1-5-12-7-15(20)8-13(6-2)18(12)21-19(22)14-9-16(23-3)11-17(10-14)24-4/h7-11H,5-6H2,1-4H3,(H,21,22). The molecule has 0 aromatic heterocycles. The second kappa shape index (κ2) is 8.20. The van der Waals surface area contributed by atoms with Crippen LogP contribution in [0.25, 0.3) is 0 Å². The minimum Gasteiger partial charge on any atom is -0.497 e. The van der Waals surface area contributed by atoms with Gasteiger partial charge in [0.1, 0.15) is 11.5 Å². The van der Waals surface area contributed by atoms with Gasteiger partial charge in [-0.25, -0.2) is 0 Å². The first kappa shape index (κ1) is 18.3. The summed E-state index contributed by atoms with van der Waals surface area (Å²) in [7, 11) is 3.13. The molecule has 0 radical (unpaired) electrons. The summed E-state index contributed by atoms with van der Waals surface area (Å²) in [5.41, 5.74) is 3.59. The fourth-order valence-electron chi connectivity index (χ4n) is 2.57. The Bertz CT molecular complexity index is 696. The van der Waals surface area contributed by atoms with Crippen molar-refractivity contribution in [2.75, 3.05) is 19.5 Å². The quantitative estimate of drug-likeness (QED) is 0.765. The van der Waals surface area contributed by atoms with Crippen LogP contribution in [0.1, 0.15) is 35.3 Å². The third-order valence-corrected chi connectivity index (χ3v) is 4.34. The largest absolute Gasteiger partial charge is 0.497 e. The van der Waals surface area contributed by atoms with Gasteiger partial charge in [-0.3, -0.25) is 4.79 Å². The van der Waals surface area contributed by atoms with Crippen molar-refractivity contribution < 1.29 is 14.3 Å². The Morgan fingerprint density at radius 3 is 1.88 bits per heavy atom. The number of rotatable bonds is 6. The lowest BCUT2D eigenvalue weighted by Gasteiger charge is -2.16. The molecule has 5 heteroatoms. The van der Waals surface area contributed by atoms with E-state index < -0.39 is 0 Å². The van der Waals surface area contributed by atoms with Crippen LogP contribution in [0.15, 0.2) is 34.8 Å². The average molecular weight is 392 g/mol. The van der Waals surface area contributed by atoms with E-state index in [1.165, 1.54) is 0 Å². The average Bonchev–Trinajstić information content (AvgIpc) is 2.61. The number of halogens is 1. The van der Waals surface area contributed by atoms with Crippen molar-refractivity contribution in [2.45, 2.75) is 26.7 Å². The summed E-state index contributed by atoms with van der Waals surface area (Å²) in [6, 6.07) is 9.23. The molecule has 0 heterocycles. The maximum atomic E-state index is 12.7. The molecule has 4 nitrogen and oxygen atoms in total. The van der Waals surface area contributed by atoms with Gasteiger partial charge in [-0.1, -0.05) is 29.8 Å². The first-order valence-corrected chi connectivity index (χ1v) is 8.67. The molecule has 0 spiro atoms. The fraction of sp³-hybridized carbons (Fsp3) is 0.316. The van der Waals surface area contributed by atoms with Gasteiger partial charge in [0, 0.05) is 21.8 Å². The maximum absolute atomic E-state index is 12.7. The Morgan fingerprint density at radius 1 is 0.958 bits per heavy atom. The van der Waals surface area contributed by atoms with E-state index in [4.69, 9.17) is 9.47 Å². The molecule has 128 valence electrons. The number of nitrogens with one attached hydrogen (secondary N) is 1. The number of carbonyl (C=O) groups excluding carboxylic acids is 1. The predicted octanol–water partition coefficient (Wildman–Crippen LogP) is 4.84. The highest BCUT2D eigenvalue weighted by Crippen LogP contribution is 2.29. The van der Waals surface area contributed by atoms with Crippen LogP contribution in [-0.4, -0.2) is 20.1 Å². The zero-order valence-corrected chi connectivity index (χ0v) is 16.0. The molecule has 0 aliphatic rings. The van der Waals surface area contributed by atoms with Crippen LogP contribution in [0, 0.1) is 0 Å². The van der Waals surface area contributed by atoms with E-state index in [1.807, 2.05) is 12.1 Å². The van der Waals surface area contributed by atoms with Crippen molar-refractivity contribution in [2.24, 2.45) is 0 Å². The number of hydrogen-bond acceptors (Lipinski definition) is 3. The molecular weight excluding hydrogens is 370 g/mol. The SMILES string of the molecule is CCc1cc(Br)cc(CC)c1NC(=O)c1cc(OC)cc(OC)c1. The lowest BCUT2D eigenvalue weighted by atomic mass is 10.0. The number of ether oxygens (including phenoxy) is 2. The number of aryl methyl sites for hydroxylation is 2. The molecule has 0 saturated heterocycles. The molecule has 0 atom stereocenters. The van der Waals surface area contributed by atoms with Crippen LogP contribution in [0.3, 0.4) is 0 Å². The number of amides is 1. The molecule has 24 heavy (non-hydrogen) atoms. The van der Waals surface area contributed by atoms with E-state index >= 15 is 0 Å². The molecular formula is C19H22BrNO3. The van der Waals surface area contributed by atoms with Gasteiger partial charge in [0.2, 0.25) is 0 Å². The first-order valence-electron chi connectivity index (χ1n) is 7.88. The summed E-state index contributed by atoms with van der Waals surface area (Å²) in [6.07, 6.45) is 1.67. The Hall–Kier alpha value is -2.01. The van der Waals surface area contributed by atoms with Crippen molar-refractivity contribution in [1.29, 1.82) is 0 Å². The van der Waals surface area contributed by atoms with Gasteiger partial charge in [0.15, 0.2) is 0 Å². The van der Waals surface area contributed by atoms with E-state index in [-0.39, 0.29) is 5.91 Å². The van der Waals surface area contributed by atoms with Crippen LogP contribution < -0.4 is 14.8 Å². The Balaban J connectivity index is 2.40. The number of benzene rings is 2. The Morgan fingerprint density at radius 2 is 1.46 bits per heavy atom. The lowest BCUT2D eigenvalue weighted by Crippen LogP contribution is -2.15. The van der Waals surface area contributed by atoms with Crippen molar-refractivity contribution >= 4 is 27.5 Å². The van der Waals surface area contributed by atoms with E-state index in [9.17, 15) is 4.79 Å².